The molecule has 51 heavy (non-hydrogen) atoms. The zero-order valence-electron chi connectivity index (χ0n) is 26.3. The lowest BCUT2D eigenvalue weighted by Crippen LogP contribution is -2.54. The molecule has 0 radical (unpaired) electrons. The third-order valence-electron chi connectivity index (χ3n) is 9.62. The SMILES string of the molecule is O=C1CCC(N2C(=O)c3ccc(N4CC(C#Cc5cn(C6(C(=O)Nc7ccc(C(F)(F)F)cc7Cl)CCC6)nc5C(F)F)C4)cc3C2=O)C(=O)N1. The number of fused-ring (bicyclic) bond motifs is 1. The second-order valence-corrected chi connectivity index (χ2v) is 13.2. The number of hydrogen-bond acceptors (Lipinski definition) is 7. The van der Waals surface area contributed by atoms with E-state index in [0.717, 1.165) is 21.7 Å². The van der Waals surface area contributed by atoms with E-state index in [4.69, 9.17) is 11.6 Å². The molecule has 4 heterocycles. The van der Waals surface area contributed by atoms with E-state index in [1.165, 1.54) is 12.3 Å². The van der Waals surface area contributed by atoms with Gasteiger partial charge in [-0.05, 0) is 62.1 Å². The summed E-state index contributed by atoms with van der Waals surface area (Å²) in [6.45, 7) is 0.756. The largest absolute Gasteiger partial charge is 0.416 e. The first kappa shape index (κ1) is 34.2. The molecule has 1 unspecified atom stereocenters. The average molecular weight is 729 g/mol. The molecule has 4 aliphatic rings. The summed E-state index contributed by atoms with van der Waals surface area (Å²) in [5.74, 6) is 2.36. The minimum atomic E-state index is -4.63. The first-order valence-electron chi connectivity index (χ1n) is 15.8. The van der Waals surface area contributed by atoms with Gasteiger partial charge in [0.25, 0.3) is 24.1 Å². The Morgan fingerprint density at radius 1 is 1.04 bits per heavy atom. The highest BCUT2D eigenvalue weighted by Crippen LogP contribution is 2.42. The lowest BCUT2D eigenvalue weighted by Gasteiger charge is -2.40. The third-order valence-corrected chi connectivity index (χ3v) is 9.93. The molecule has 7 rings (SSSR count). The summed E-state index contributed by atoms with van der Waals surface area (Å²) >= 11 is 6.02. The maximum absolute atomic E-state index is 14.1. The summed E-state index contributed by atoms with van der Waals surface area (Å²) in [6, 6.07) is 6.10. The van der Waals surface area contributed by atoms with Crippen LogP contribution in [0.15, 0.2) is 42.6 Å². The van der Waals surface area contributed by atoms with Gasteiger partial charge in [0.15, 0.2) is 0 Å². The van der Waals surface area contributed by atoms with E-state index >= 15 is 0 Å². The highest BCUT2D eigenvalue weighted by atomic mass is 35.5. The molecule has 1 atom stereocenters. The number of anilines is 2. The standard InChI is InChI=1S/C34H26ClF5N6O5/c35-23-12-19(34(38,39)40)4-7-24(23)41-32(51)33(10-1-11-33)45-16-18(27(43-45)28(36)37)3-2-17-14-44(15-17)20-5-6-21-22(13-20)31(50)46(30(21)49)25-8-9-26(47)42-29(25)48/h4-7,12-13,16-17,25,28H,1,8-11,14-15H2,(H,41,51)(H,42,47,48). The van der Waals surface area contributed by atoms with Crippen LogP contribution in [-0.4, -0.2) is 63.3 Å². The lowest BCUT2D eigenvalue weighted by atomic mass is 9.76. The van der Waals surface area contributed by atoms with E-state index in [2.05, 4.69) is 27.6 Å². The van der Waals surface area contributed by atoms with Crippen molar-refractivity contribution < 1.29 is 45.9 Å². The topological polar surface area (TPSA) is 134 Å². The van der Waals surface area contributed by atoms with Crippen LogP contribution in [0.1, 0.15) is 76.1 Å². The lowest BCUT2D eigenvalue weighted by molar-refractivity contribution is -0.138. The molecule has 11 nitrogen and oxygen atoms in total. The highest BCUT2D eigenvalue weighted by molar-refractivity contribution is 6.33. The number of hydrogen-bond donors (Lipinski definition) is 2. The number of amides is 5. The van der Waals surface area contributed by atoms with E-state index in [-0.39, 0.29) is 59.0 Å². The van der Waals surface area contributed by atoms with Crippen LogP contribution in [0.4, 0.5) is 33.3 Å². The first-order chi connectivity index (χ1) is 24.2. The van der Waals surface area contributed by atoms with E-state index in [1.807, 2.05) is 4.90 Å². The number of halogens is 6. The Balaban J connectivity index is 1.04. The van der Waals surface area contributed by atoms with Crippen LogP contribution >= 0.6 is 11.6 Å². The van der Waals surface area contributed by atoms with E-state index in [1.54, 1.807) is 12.1 Å². The quantitative estimate of drug-likeness (QED) is 0.210. The number of imide groups is 2. The Kier molecular flexibility index (Phi) is 8.36. The Morgan fingerprint density at radius 3 is 2.39 bits per heavy atom. The van der Waals surface area contributed by atoms with Gasteiger partial charge in [-0.15, -0.1) is 0 Å². The van der Waals surface area contributed by atoms with Gasteiger partial charge in [0.05, 0.1) is 38.9 Å². The Labute approximate surface area is 291 Å². The second kappa shape index (κ2) is 12.5. The summed E-state index contributed by atoms with van der Waals surface area (Å²) in [5, 5.41) is 8.36. The van der Waals surface area contributed by atoms with Gasteiger partial charge < -0.3 is 10.2 Å². The van der Waals surface area contributed by atoms with E-state index in [0.29, 0.717) is 31.3 Å². The van der Waals surface area contributed by atoms with Gasteiger partial charge >= 0.3 is 6.18 Å². The number of nitrogens with one attached hydrogen (secondary N) is 2. The molecule has 0 bridgehead atoms. The molecule has 2 saturated heterocycles. The molecule has 1 saturated carbocycles. The van der Waals surface area contributed by atoms with Gasteiger partial charge in [-0.2, -0.15) is 18.3 Å². The molecular weight excluding hydrogens is 703 g/mol. The molecule has 3 fully saturated rings. The number of nitrogens with zero attached hydrogens (tertiary/aromatic N) is 4. The fourth-order valence-corrected chi connectivity index (χ4v) is 6.81. The predicted octanol–water partition coefficient (Wildman–Crippen LogP) is 4.90. The summed E-state index contributed by atoms with van der Waals surface area (Å²) in [6.07, 6.45) is -5.27. The highest BCUT2D eigenvalue weighted by Gasteiger charge is 2.48. The van der Waals surface area contributed by atoms with E-state index in [9.17, 15) is 45.9 Å². The Bertz CT molecular complexity index is 2080. The monoisotopic (exact) mass is 728 g/mol. The Morgan fingerprint density at radius 2 is 1.76 bits per heavy atom. The van der Waals surface area contributed by atoms with Crippen LogP contribution in [0.2, 0.25) is 5.02 Å². The number of carbonyl (C=O) groups is 5. The van der Waals surface area contributed by atoms with Gasteiger partial charge in [-0.3, -0.25) is 38.9 Å². The number of piperidine rings is 1. The van der Waals surface area contributed by atoms with Gasteiger partial charge in [0, 0.05) is 31.4 Å². The molecule has 1 aliphatic carbocycles. The van der Waals surface area contributed by atoms with Crippen LogP contribution in [0.25, 0.3) is 0 Å². The van der Waals surface area contributed by atoms with Gasteiger partial charge in [0.2, 0.25) is 11.8 Å². The minimum absolute atomic E-state index is 0.00225. The summed E-state index contributed by atoms with van der Waals surface area (Å²) in [7, 11) is 0. The van der Waals surface area contributed by atoms with Crippen molar-refractivity contribution in [1.29, 1.82) is 0 Å². The van der Waals surface area contributed by atoms with Crippen molar-refractivity contribution in [2.75, 3.05) is 23.3 Å². The van der Waals surface area contributed by atoms with Crippen LogP contribution in [0.5, 0.6) is 0 Å². The van der Waals surface area contributed by atoms with Crippen molar-refractivity contribution in [3.05, 3.63) is 75.6 Å². The van der Waals surface area contributed by atoms with Crippen molar-refractivity contribution in [3.8, 4) is 11.8 Å². The fourth-order valence-electron chi connectivity index (χ4n) is 6.58. The molecule has 0 spiro atoms. The normalized spacial score (nSPS) is 20.0. The van der Waals surface area contributed by atoms with Gasteiger partial charge in [-0.25, -0.2) is 8.78 Å². The first-order valence-corrected chi connectivity index (χ1v) is 16.2. The molecule has 5 amide bonds. The van der Waals surface area contributed by atoms with Crippen LogP contribution < -0.4 is 15.5 Å². The molecule has 2 N–H and O–H groups in total. The third kappa shape index (κ3) is 5.98. The minimum Gasteiger partial charge on any atom is -0.369 e. The van der Waals surface area contributed by atoms with Gasteiger partial charge in [-0.1, -0.05) is 23.4 Å². The smallest absolute Gasteiger partial charge is 0.369 e. The van der Waals surface area contributed by atoms with Gasteiger partial charge in [0.1, 0.15) is 17.3 Å². The molecule has 17 heteroatoms. The van der Waals surface area contributed by atoms with Crippen molar-refractivity contribution in [3.63, 3.8) is 0 Å². The van der Waals surface area contributed by atoms with Crippen molar-refractivity contribution in [1.82, 2.24) is 20.0 Å². The molecule has 3 aliphatic heterocycles. The molecule has 3 aromatic rings. The van der Waals surface area contributed by atoms with Crippen LogP contribution in [-0.2, 0) is 26.1 Å². The van der Waals surface area contributed by atoms with Crippen LogP contribution in [0, 0.1) is 17.8 Å². The van der Waals surface area contributed by atoms with Crippen molar-refractivity contribution in [2.45, 2.75) is 56.3 Å². The van der Waals surface area contributed by atoms with Crippen LogP contribution in [0.3, 0.4) is 0 Å². The fraction of sp³-hybridized carbons (Fsp3) is 0.353. The zero-order valence-corrected chi connectivity index (χ0v) is 27.1. The number of carbonyl (C=O) groups excluding carboxylic acids is 5. The number of alkyl halides is 5. The van der Waals surface area contributed by atoms with Crippen molar-refractivity contribution >= 4 is 52.5 Å². The average Bonchev–Trinajstić information content (AvgIpc) is 3.55. The summed E-state index contributed by atoms with van der Waals surface area (Å²) < 4.78 is 68.5. The number of aromatic nitrogens is 2. The van der Waals surface area contributed by atoms with Crippen molar-refractivity contribution in [2.24, 2.45) is 5.92 Å². The second-order valence-electron chi connectivity index (χ2n) is 12.8. The number of benzene rings is 2. The molecule has 264 valence electrons. The number of rotatable bonds is 6. The summed E-state index contributed by atoms with van der Waals surface area (Å²) in [5.41, 5.74) is -2.25. The molecule has 2 aromatic carbocycles. The van der Waals surface area contributed by atoms with E-state index < -0.39 is 65.0 Å². The molecule has 1 aromatic heterocycles. The predicted molar refractivity (Wildman–Crippen MR) is 170 cm³/mol. The zero-order chi connectivity index (χ0) is 36.4. The molecular formula is C34H26ClF5N6O5. The maximum Gasteiger partial charge on any atom is 0.416 e. The Hall–Kier alpha value is -5.30. The maximum atomic E-state index is 14.1. The summed E-state index contributed by atoms with van der Waals surface area (Å²) in [4.78, 5) is 66.2.